The number of carboxylic acids is 1. The Morgan fingerprint density at radius 2 is 1.68 bits per heavy atom. The van der Waals surface area contributed by atoms with Gasteiger partial charge in [-0.25, -0.2) is 22.4 Å². The molecule has 11 heteroatoms. The number of likely N-dealkylation sites (tertiary alicyclic amines) is 1. The molecule has 3 N–H and O–H groups in total. The smallest absolute Gasteiger partial charge is 0.336 e. The summed E-state index contributed by atoms with van der Waals surface area (Å²) in [6.07, 6.45) is -2.35. The number of hydrogen-bond donors (Lipinski definition) is 3. The summed E-state index contributed by atoms with van der Waals surface area (Å²) in [6, 6.07) is 20.5. The van der Waals surface area contributed by atoms with Crippen LogP contribution in [0.4, 0.5) is 17.6 Å². The van der Waals surface area contributed by atoms with E-state index < -0.39 is 24.0 Å². The van der Waals surface area contributed by atoms with Gasteiger partial charge in [0.1, 0.15) is 17.1 Å². The normalized spacial score (nSPS) is 13.9. The van der Waals surface area contributed by atoms with Gasteiger partial charge in [0, 0.05) is 31.7 Å². The number of nitrogens with zero attached hydrogens (tertiary/aromatic N) is 2. The first kappa shape index (κ1) is 29.3. The molecule has 226 valence electrons. The van der Waals surface area contributed by atoms with Gasteiger partial charge in [-0.15, -0.1) is 0 Å². The molecule has 0 spiro atoms. The zero-order valence-corrected chi connectivity index (χ0v) is 23.6. The van der Waals surface area contributed by atoms with Gasteiger partial charge in [0.15, 0.2) is 5.82 Å². The third-order valence-electron chi connectivity index (χ3n) is 7.69. The number of benzene rings is 4. The van der Waals surface area contributed by atoms with E-state index in [9.17, 15) is 18.7 Å². The zero-order chi connectivity index (χ0) is 31.0. The molecule has 0 saturated carbocycles. The molecule has 5 aromatic rings. The Balaban J connectivity index is 1.15. The molecule has 1 aliphatic rings. The quantitative estimate of drug-likeness (QED) is 0.149. The van der Waals surface area contributed by atoms with Crippen LogP contribution in [0.3, 0.4) is 0 Å². The van der Waals surface area contributed by atoms with Crippen LogP contribution in [0.2, 0.25) is 0 Å². The molecule has 0 amide bonds. The fourth-order valence-electron chi connectivity index (χ4n) is 5.35. The summed E-state index contributed by atoms with van der Waals surface area (Å²) < 4.78 is 61.1. The van der Waals surface area contributed by atoms with E-state index in [1.807, 2.05) is 24.3 Å². The summed E-state index contributed by atoms with van der Waals surface area (Å²) in [4.78, 5) is 20.5. The number of fused-ring (bicyclic) bond motifs is 1. The van der Waals surface area contributed by atoms with Crippen molar-refractivity contribution in [2.24, 2.45) is 0 Å². The molecule has 1 saturated heterocycles. The molecule has 1 aliphatic heterocycles. The average molecular weight is 605 g/mol. The minimum Gasteiger partial charge on any atom is -0.478 e. The maximum absolute atomic E-state index is 15.6. The molecule has 1 fully saturated rings. The summed E-state index contributed by atoms with van der Waals surface area (Å²) in [5.74, 6) is -2.55. The lowest BCUT2D eigenvalue weighted by molar-refractivity contribution is 0.0695. The SMILES string of the molecule is Cc1ccc(Oc2nc3c(F)c(-c4ccc(-c5ccc(CN6CC(NCC(F)F)C6)cc5)cc4)c(F)cc3[nH]2)cc1C(=O)O. The van der Waals surface area contributed by atoms with Gasteiger partial charge in [-0.1, -0.05) is 54.6 Å². The van der Waals surface area contributed by atoms with Crippen LogP contribution in [0.25, 0.3) is 33.3 Å². The highest BCUT2D eigenvalue weighted by molar-refractivity contribution is 5.90. The van der Waals surface area contributed by atoms with Gasteiger partial charge in [0.25, 0.3) is 12.4 Å². The van der Waals surface area contributed by atoms with E-state index in [0.29, 0.717) is 11.1 Å². The van der Waals surface area contributed by atoms with Crippen LogP contribution in [-0.2, 0) is 6.54 Å². The average Bonchev–Trinajstić information content (AvgIpc) is 3.38. The summed E-state index contributed by atoms with van der Waals surface area (Å²) in [5.41, 5.74) is 3.62. The molecule has 0 radical (unpaired) electrons. The maximum atomic E-state index is 15.6. The fraction of sp³-hybridized carbons (Fsp3) is 0.212. The lowest BCUT2D eigenvalue weighted by Crippen LogP contribution is -2.58. The van der Waals surface area contributed by atoms with Crippen molar-refractivity contribution in [1.82, 2.24) is 20.2 Å². The molecule has 1 aromatic heterocycles. The van der Waals surface area contributed by atoms with E-state index in [1.165, 1.54) is 6.07 Å². The number of ether oxygens (including phenoxy) is 1. The van der Waals surface area contributed by atoms with Crippen molar-refractivity contribution in [1.29, 1.82) is 0 Å². The number of carboxylic acid groups (broad SMARTS) is 1. The molecule has 6 rings (SSSR count). The standard InChI is InChI=1S/C33H28F4N4O3/c1-18-2-11-24(12-25(18)32(42)43)44-33-39-27-13-26(34)29(30(37)31(27)40-33)22-9-7-21(8-10-22)20-5-3-19(4-6-20)15-41-16-23(17-41)38-14-28(35)36/h2-13,23,28,38H,14-17H2,1H3,(H,39,40)(H,42,43). The van der Waals surface area contributed by atoms with E-state index in [4.69, 9.17) is 4.74 Å². The molecular weight excluding hydrogens is 576 g/mol. The summed E-state index contributed by atoms with van der Waals surface area (Å²) in [7, 11) is 0. The summed E-state index contributed by atoms with van der Waals surface area (Å²) in [5, 5.41) is 12.2. The Hall–Kier alpha value is -4.74. The van der Waals surface area contributed by atoms with Crippen LogP contribution < -0.4 is 10.1 Å². The molecule has 44 heavy (non-hydrogen) atoms. The number of nitrogens with one attached hydrogen (secondary N) is 2. The number of halogens is 4. The van der Waals surface area contributed by atoms with Gasteiger partial charge in [0.2, 0.25) is 0 Å². The van der Waals surface area contributed by atoms with Crippen molar-refractivity contribution in [3.63, 3.8) is 0 Å². The van der Waals surface area contributed by atoms with E-state index >= 15 is 8.78 Å². The molecule has 7 nitrogen and oxygen atoms in total. The third-order valence-corrected chi connectivity index (χ3v) is 7.69. The molecule has 0 aliphatic carbocycles. The Bertz CT molecular complexity index is 1820. The summed E-state index contributed by atoms with van der Waals surface area (Å²) in [6.45, 7) is 3.54. The van der Waals surface area contributed by atoms with Crippen molar-refractivity contribution in [2.45, 2.75) is 25.9 Å². The number of carbonyl (C=O) groups is 1. The van der Waals surface area contributed by atoms with Crippen molar-refractivity contribution >= 4 is 17.0 Å². The lowest BCUT2D eigenvalue weighted by Gasteiger charge is -2.39. The molecular formula is C33H28F4N4O3. The third kappa shape index (κ3) is 6.15. The van der Waals surface area contributed by atoms with Crippen molar-refractivity contribution in [2.75, 3.05) is 19.6 Å². The minimum absolute atomic E-state index is 0.0572. The number of H-pyrrole nitrogens is 1. The van der Waals surface area contributed by atoms with Gasteiger partial charge in [-0.05, 0) is 46.9 Å². The van der Waals surface area contributed by atoms with E-state index in [-0.39, 0.29) is 46.5 Å². The van der Waals surface area contributed by atoms with Crippen LogP contribution in [0.15, 0.2) is 72.8 Å². The number of aromatic amines is 1. The number of hydrogen-bond acceptors (Lipinski definition) is 5. The second kappa shape index (κ2) is 12.1. The Labute approximate surface area is 250 Å². The lowest BCUT2D eigenvalue weighted by atomic mass is 9.98. The second-order valence-corrected chi connectivity index (χ2v) is 10.8. The van der Waals surface area contributed by atoms with Crippen molar-refractivity contribution in [3.8, 4) is 34.0 Å². The zero-order valence-electron chi connectivity index (χ0n) is 23.6. The predicted molar refractivity (Wildman–Crippen MR) is 158 cm³/mol. The van der Waals surface area contributed by atoms with E-state index in [1.54, 1.807) is 43.3 Å². The maximum Gasteiger partial charge on any atom is 0.336 e. The number of aromatic nitrogens is 2. The van der Waals surface area contributed by atoms with Crippen molar-refractivity contribution < 1.29 is 32.2 Å². The van der Waals surface area contributed by atoms with Gasteiger partial charge >= 0.3 is 5.97 Å². The number of alkyl halides is 2. The van der Waals surface area contributed by atoms with Crippen LogP contribution in [0.5, 0.6) is 11.8 Å². The van der Waals surface area contributed by atoms with E-state index in [0.717, 1.165) is 42.4 Å². The molecule has 0 unspecified atom stereocenters. The van der Waals surface area contributed by atoms with Crippen LogP contribution in [0.1, 0.15) is 21.5 Å². The fourth-order valence-corrected chi connectivity index (χ4v) is 5.35. The summed E-state index contributed by atoms with van der Waals surface area (Å²) >= 11 is 0. The van der Waals surface area contributed by atoms with Gasteiger partial charge < -0.3 is 20.1 Å². The minimum atomic E-state index is -2.35. The first-order valence-corrected chi connectivity index (χ1v) is 14.0. The van der Waals surface area contributed by atoms with Crippen LogP contribution >= 0.6 is 0 Å². The molecule has 0 atom stereocenters. The van der Waals surface area contributed by atoms with Gasteiger partial charge in [-0.2, -0.15) is 4.98 Å². The molecule has 2 heterocycles. The van der Waals surface area contributed by atoms with Crippen LogP contribution in [0, 0.1) is 18.6 Å². The number of imidazole rings is 1. The highest BCUT2D eigenvalue weighted by Gasteiger charge is 2.26. The second-order valence-electron chi connectivity index (χ2n) is 10.8. The molecule has 4 aromatic carbocycles. The predicted octanol–water partition coefficient (Wildman–Crippen LogP) is 7.01. The van der Waals surface area contributed by atoms with E-state index in [2.05, 4.69) is 20.2 Å². The van der Waals surface area contributed by atoms with Gasteiger partial charge in [-0.3, -0.25) is 4.90 Å². The number of rotatable bonds is 10. The highest BCUT2D eigenvalue weighted by Crippen LogP contribution is 2.34. The Morgan fingerprint density at radius 1 is 1.02 bits per heavy atom. The first-order valence-electron chi connectivity index (χ1n) is 14.0. The number of aromatic carboxylic acids is 1. The van der Waals surface area contributed by atoms with Crippen molar-refractivity contribution in [3.05, 3.63) is 101 Å². The Kier molecular flexibility index (Phi) is 8.07. The topological polar surface area (TPSA) is 90.5 Å². The Morgan fingerprint density at radius 3 is 2.34 bits per heavy atom. The van der Waals surface area contributed by atoms with Crippen LogP contribution in [-0.4, -0.2) is 58.0 Å². The van der Waals surface area contributed by atoms with Gasteiger partial charge in [0.05, 0.1) is 23.2 Å². The first-order chi connectivity index (χ1) is 21.1. The monoisotopic (exact) mass is 604 g/mol. The molecule has 0 bridgehead atoms. The highest BCUT2D eigenvalue weighted by atomic mass is 19.3. The largest absolute Gasteiger partial charge is 0.478 e. The number of aryl methyl sites for hydroxylation is 1.